The van der Waals surface area contributed by atoms with Gasteiger partial charge in [-0.2, -0.15) is 0 Å². The van der Waals surface area contributed by atoms with E-state index in [9.17, 15) is 19.4 Å². The maximum Gasteiger partial charge on any atom is 0.254 e. The molecule has 100 valence electrons. The second-order valence-electron chi connectivity index (χ2n) is 4.03. The van der Waals surface area contributed by atoms with Gasteiger partial charge >= 0.3 is 0 Å². The van der Waals surface area contributed by atoms with Gasteiger partial charge < -0.3 is 15.5 Å². The van der Waals surface area contributed by atoms with E-state index in [1.165, 1.54) is 12.1 Å². The summed E-state index contributed by atoms with van der Waals surface area (Å²) in [4.78, 5) is 11.9. The number of aliphatic hydroxyl groups is 2. The van der Waals surface area contributed by atoms with E-state index in [1.807, 2.05) is 0 Å². The fourth-order valence-electron chi connectivity index (χ4n) is 1.42. The minimum Gasteiger partial charge on any atom is -0.394 e. The van der Waals surface area contributed by atoms with Gasteiger partial charge in [-0.05, 0) is 24.6 Å². The van der Waals surface area contributed by atoms with Gasteiger partial charge in [0.25, 0.3) is 5.91 Å². The van der Waals surface area contributed by atoms with Crippen LogP contribution in [0.25, 0.3) is 0 Å². The smallest absolute Gasteiger partial charge is 0.254 e. The van der Waals surface area contributed by atoms with Gasteiger partial charge in [-0.25, -0.2) is 4.39 Å². The Morgan fingerprint density at radius 3 is 2.50 bits per heavy atom. The first kappa shape index (κ1) is 15.1. The number of nitrogens with one attached hydrogen (secondary N) is 1. The predicted octanol–water partition coefficient (Wildman–Crippen LogP) is 1.45. The Morgan fingerprint density at radius 1 is 1.44 bits per heavy atom. The Labute approximate surface area is 113 Å². The topological polar surface area (TPSA) is 69.6 Å². The monoisotopic (exact) mass is 319 g/mol. The molecule has 4 nitrogen and oxygen atoms in total. The Hall–Kier alpha value is -0.980. The van der Waals surface area contributed by atoms with Crippen LogP contribution in [0.5, 0.6) is 0 Å². The van der Waals surface area contributed by atoms with Crippen molar-refractivity contribution in [3.63, 3.8) is 0 Å². The van der Waals surface area contributed by atoms with Gasteiger partial charge in [0, 0.05) is 4.47 Å². The molecule has 0 unspecified atom stereocenters. The Balaban J connectivity index is 2.94. The highest BCUT2D eigenvalue weighted by atomic mass is 79.9. The summed E-state index contributed by atoms with van der Waals surface area (Å²) in [5.74, 6) is -1.33. The van der Waals surface area contributed by atoms with E-state index >= 15 is 0 Å². The molecule has 0 aliphatic heterocycles. The van der Waals surface area contributed by atoms with Crippen LogP contribution in [-0.4, -0.2) is 34.9 Å². The molecular formula is C12H15BrFNO3. The van der Waals surface area contributed by atoms with Crippen LogP contribution >= 0.6 is 15.9 Å². The van der Waals surface area contributed by atoms with E-state index in [0.717, 1.165) is 0 Å². The zero-order chi connectivity index (χ0) is 13.8. The molecule has 0 saturated carbocycles. The summed E-state index contributed by atoms with van der Waals surface area (Å²) in [6.45, 7) is 0.887. The molecule has 3 N–H and O–H groups in total. The minimum absolute atomic E-state index is 0.127. The number of halogens is 2. The summed E-state index contributed by atoms with van der Waals surface area (Å²) in [5.41, 5.74) is -1.26. The highest BCUT2D eigenvalue weighted by Crippen LogP contribution is 2.17. The van der Waals surface area contributed by atoms with Crippen molar-refractivity contribution in [1.82, 2.24) is 5.32 Å². The van der Waals surface area contributed by atoms with Gasteiger partial charge in [-0.3, -0.25) is 4.79 Å². The van der Waals surface area contributed by atoms with Crippen LogP contribution in [0.1, 0.15) is 23.7 Å². The SMILES string of the molecule is CCC(CO)(CO)NC(=O)c1ccc(Br)cc1F. The molecule has 0 spiro atoms. The summed E-state index contributed by atoms with van der Waals surface area (Å²) in [5, 5.41) is 20.9. The quantitative estimate of drug-likeness (QED) is 0.769. The van der Waals surface area contributed by atoms with Gasteiger partial charge in [0.2, 0.25) is 0 Å². The lowest BCUT2D eigenvalue weighted by Gasteiger charge is -2.29. The summed E-state index contributed by atoms with van der Waals surface area (Å²) in [7, 11) is 0. The van der Waals surface area contributed by atoms with Crippen LogP contribution < -0.4 is 5.32 Å². The lowest BCUT2D eigenvalue weighted by Crippen LogP contribution is -2.53. The van der Waals surface area contributed by atoms with Gasteiger partial charge in [0.1, 0.15) is 5.82 Å². The molecule has 6 heteroatoms. The number of hydrogen-bond acceptors (Lipinski definition) is 3. The van der Waals surface area contributed by atoms with Gasteiger partial charge in [-0.15, -0.1) is 0 Å². The molecule has 1 rings (SSSR count). The van der Waals surface area contributed by atoms with Crippen molar-refractivity contribution in [1.29, 1.82) is 0 Å². The van der Waals surface area contributed by atoms with Crippen molar-refractivity contribution >= 4 is 21.8 Å². The molecule has 0 aliphatic carbocycles. The summed E-state index contributed by atoms with van der Waals surface area (Å²) < 4.78 is 14.1. The van der Waals surface area contributed by atoms with Gasteiger partial charge in [-0.1, -0.05) is 22.9 Å². The molecule has 0 radical (unpaired) electrons. The molecule has 1 amide bonds. The first-order chi connectivity index (χ1) is 8.48. The van der Waals surface area contributed by atoms with Crippen LogP contribution in [0, 0.1) is 5.82 Å². The van der Waals surface area contributed by atoms with Gasteiger partial charge in [0.05, 0.1) is 24.3 Å². The molecule has 1 aromatic rings. The third-order valence-corrected chi connectivity index (χ3v) is 3.33. The Kier molecular flexibility index (Phi) is 5.25. The van der Waals surface area contributed by atoms with E-state index in [4.69, 9.17) is 0 Å². The van der Waals surface area contributed by atoms with E-state index < -0.39 is 30.5 Å². The van der Waals surface area contributed by atoms with Crippen LogP contribution in [0.3, 0.4) is 0 Å². The number of amides is 1. The number of carbonyl (C=O) groups is 1. The second-order valence-corrected chi connectivity index (χ2v) is 4.94. The molecular weight excluding hydrogens is 305 g/mol. The van der Waals surface area contributed by atoms with E-state index in [2.05, 4.69) is 21.2 Å². The van der Waals surface area contributed by atoms with Crippen LogP contribution in [0.15, 0.2) is 22.7 Å². The molecule has 0 heterocycles. The van der Waals surface area contributed by atoms with Crippen molar-refractivity contribution in [3.8, 4) is 0 Å². The molecule has 18 heavy (non-hydrogen) atoms. The van der Waals surface area contributed by atoms with Crippen molar-refractivity contribution in [3.05, 3.63) is 34.1 Å². The van der Waals surface area contributed by atoms with Crippen LogP contribution in [-0.2, 0) is 0 Å². The molecule has 0 bridgehead atoms. The normalized spacial score (nSPS) is 11.4. The fraction of sp³-hybridized carbons (Fsp3) is 0.417. The molecule has 0 atom stereocenters. The maximum absolute atomic E-state index is 13.6. The van der Waals surface area contributed by atoms with Crippen molar-refractivity contribution in [2.24, 2.45) is 0 Å². The first-order valence-corrected chi connectivity index (χ1v) is 6.26. The first-order valence-electron chi connectivity index (χ1n) is 5.47. The van der Waals surface area contributed by atoms with Crippen molar-refractivity contribution < 1.29 is 19.4 Å². The Morgan fingerprint density at radius 2 is 2.06 bits per heavy atom. The average molecular weight is 320 g/mol. The van der Waals surface area contributed by atoms with E-state index in [-0.39, 0.29) is 5.56 Å². The number of benzene rings is 1. The predicted molar refractivity (Wildman–Crippen MR) is 68.8 cm³/mol. The molecule has 0 aromatic heterocycles. The standard InChI is InChI=1S/C12H15BrFNO3/c1-2-12(6-16,7-17)15-11(18)9-4-3-8(13)5-10(9)14/h3-5,16-17H,2,6-7H2,1H3,(H,15,18). The summed E-state index contributed by atoms with van der Waals surface area (Å²) in [6.07, 6.45) is 0.337. The second kappa shape index (κ2) is 6.26. The maximum atomic E-state index is 13.6. The third kappa shape index (κ3) is 3.28. The fourth-order valence-corrected chi connectivity index (χ4v) is 1.76. The van der Waals surface area contributed by atoms with Crippen LogP contribution in [0.4, 0.5) is 4.39 Å². The highest BCUT2D eigenvalue weighted by Gasteiger charge is 2.29. The number of hydrogen-bond donors (Lipinski definition) is 3. The zero-order valence-corrected chi connectivity index (χ0v) is 11.5. The number of rotatable bonds is 5. The Bertz CT molecular complexity index is 427. The van der Waals surface area contributed by atoms with E-state index in [1.54, 1.807) is 13.0 Å². The van der Waals surface area contributed by atoms with Crippen LogP contribution in [0.2, 0.25) is 0 Å². The average Bonchev–Trinajstić information content (AvgIpc) is 2.36. The summed E-state index contributed by atoms with van der Waals surface area (Å²) >= 11 is 3.10. The molecule has 1 aromatic carbocycles. The molecule has 0 aliphatic rings. The van der Waals surface area contributed by atoms with E-state index in [0.29, 0.717) is 10.9 Å². The van der Waals surface area contributed by atoms with Crippen molar-refractivity contribution in [2.45, 2.75) is 18.9 Å². The van der Waals surface area contributed by atoms with Gasteiger partial charge in [0.15, 0.2) is 0 Å². The minimum atomic E-state index is -1.13. The lowest BCUT2D eigenvalue weighted by molar-refractivity contribution is 0.0650. The highest BCUT2D eigenvalue weighted by molar-refractivity contribution is 9.10. The van der Waals surface area contributed by atoms with Crippen molar-refractivity contribution in [2.75, 3.05) is 13.2 Å². The summed E-state index contributed by atoms with van der Waals surface area (Å²) in [6, 6.07) is 4.06. The lowest BCUT2D eigenvalue weighted by atomic mass is 9.98. The number of aliphatic hydroxyl groups excluding tert-OH is 2. The molecule has 0 fully saturated rings. The zero-order valence-electron chi connectivity index (χ0n) is 9.91. The largest absolute Gasteiger partial charge is 0.394 e. The molecule has 0 saturated heterocycles. The number of carbonyl (C=O) groups excluding carboxylic acids is 1. The third-order valence-electron chi connectivity index (χ3n) is 2.84.